The summed E-state index contributed by atoms with van der Waals surface area (Å²) in [6.07, 6.45) is 2.03. The van der Waals surface area contributed by atoms with Crippen LogP contribution in [0.2, 0.25) is 5.02 Å². The highest BCUT2D eigenvalue weighted by Crippen LogP contribution is 2.24. The van der Waals surface area contributed by atoms with Gasteiger partial charge in [-0.05, 0) is 36.4 Å². The minimum atomic E-state index is -0.341. The Labute approximate surface area is 120 Å². The maximum absolute atomic E-state index is 12.7. The first-order valence-electron chi connectivity index (χ1n) is 5.69. The molecule has 0 atom stereocenters. The lowest BCUT2D eigenvalue weighted by atomic mass is 10.1. The first-order valence-corrected chi connectivity index (χ1v) is 7.05. The van der Waals surface area contributed by atoms with E-state index >= 15 is 0 Å². The van der Waals surface area contributed by atoms with Gasteiger partial charge in [0, 0.05) is 23.9 Å². The summed E-state index contributed by atoms with van der Waals surface area (Å²) in [5.74, 6) is 0.234. The van der Waals surface area contributed by atoms with Crippen molar-refractivity contribution in [3.05, 3.63) is 59.0 Å². The van der Waals surface area contributed by atoms with Crippen molar-refractivity contribution in [2.45, 2.75) is 11.4 Å². The Balaban J connectivity index is 1.88. The average molecular weight is 296 g/mol. The molecule has 0 N–H and O–H groups in total. The van der Waals surface area contributed by atoms with Crippen molar-refractivity contribution in [2.75, 3.05) is 5.75 Å². The number of carbonyl (C=O) groups is 1. The normalized spacial score (nSPS) is 10.4. The molecule has 0 unspecified atom stereocenters. The van der Waals surface area contributed by atoms with Crippen molar-refractivity contribution in [2.24, 2.45) is 0 Å². The number of Topliss-reactive ketones (excluding diaryl/α,β-unsaturated/α-hetero) is 1. The Hall–Kier alpha value is -1.39. The minimum Gasteiger partial charge on any atom is -0.294 e. The summed E-state index contributed by atoms with van der Waals surface area (Å²) in [6, 6.07) is 9.09. The van der Waals surface area contributed by atoms with Gasteiger partial charge in [-0.1, -0.05) is 11.6 Å². The molecule has 2 nitrogen and oxygen atoms in total. The second kappa shape index (κ2) is 6.68. The molecule has 0 fully saturated rings. The fraction of sp³-hybridized carbons (Fsp3) is 0.143. The van der Waals surface area contributed by atoms with Gasteiger partial charge in [-0.25, -0.2) is 9.37 Å². The number of ketones is 1. The molecule has 19 heavy (non-hydrogen) atoms. The highest BCUT2D eigenvalue weighted by atomic mass is 35.5. The third kappa shape index (κ3) is 4.04. The molecule has 0 saturated carbocycles. The lowest BCUT2D eigenvalue weighted by Crippen LogP contribution is -2.00. The molecule has 0 aliphatic carbocycles. The van der Waals surface area contributed by atoms with Crippen LogP contribution in [0.15, 0.2) is 47.6 Å². The number of benzene rings is 1. The summed E-state index contributed by atoms with van der Waals surface area (Å²) in [5, 5.41) is 1.30. The summed E-state index contributed by atoms with van der Waals surface area (Å²) in [6.45, 7) is 0. The van der Waals surface area contributed by atoms with Crippen molar-refractivity contribution < 1.29 is 9.18 Å². The van der Waals surface area contributed by atoms with Crippen LogP contribution in [-0.2, 0) is 0 Å². The highest BCUT2D eigenvalue weighted by Gasteiger charge is 2.07. The first kappa shape index (κ1) is 14.0. The Kier molecular flexibility index (Phi) is 4.93. The number of halogens is 2. The van der Waals surface area contributed by atoms with E-state index in [4.69, 9.17) is 11.6 Å². The van der Waals surface area contributed by atoms with Crippen LogP contribution >= 0.6 is 23.4 Å². The van der Waals surface area contributed by atoms with Gasteiger partial charge in [-0.2, -0.15) is 0 Å². The van der Waals surface area contributed by atoms with Crippen LogP contribution in [0, 0.1) is 5.82 Å². The topological polar surface area (TPSA) is 30.0 Å². The lowest BCUT2D eigenvalue weighted by molar-refractivity contribution is 0.0989. The quantitative estimate of drug-likeness (QED) is 0.610. The molecule has 1 aromatic heterocycles. The molecule has 0 spiro atoms. The molecule has 0 saturated heterocycles. The molecule has 1 heterocycles. The zero-order chi connectivity index (χ0) is 13.7. The number of pyridine rings is 1. The SMILES string of the molecule is O=C(CCSc1ncccc1Cl)c1ccc(F)cc1. The number of aromatic nitrogens is 1. The van der Waals surface area contributed by atoms with Gasteiger partial charge in [0.05, 0.1) is 5.02 Å². The number of carbonyl (C=O) groups excluding carboxylic acids is 1. The fourth-order valence-electron chi connectivity index (χ4n) is 1.50. The zero-order valence-corrected chi connectivity index (χ0v) is 11.5. The van der Waals surface area contributed by atoms with Crippen molar-refractivity contribution in [3.63, 3.8) is 0 Å². The number of hydrogen-bond acceptors (Lipinski definition) is 3. The highest BCUT2D eigenvalue weighted by molar-refractivity contribution is 7.99. The molecule has 1 aromatic carbocycles. The van der Waals surface area contributed by atoms with E-state index in [0.29, 0.717) is 22.8 Å². The van der Waals surface area contributed by atoms with Gasteiger partial charge in [0.1, 0.15) is 10.8 Å². The van der Waals surface area contributed by atoms with E-state index in [2.05, 4.69) is 4.98 Å². The van der Waals surface area contributed by atoms with Gasteiger partial charge in [0.15, 0.2) is 5.78 Å². The molecule has 0 amide bonds. The van der Waals surface area contributed by atoms with Gasteiger partial charge in [0.2, 0.25) is 0 Å². The van der Waals surface area contributed by atoms with Crippen LogP contribution in [-0.4, -0.2) is 16.5 Å². The summed E-state index contributed by atoms with van der Waals surface area (Å²) in [5.41, 5.74) is 0.522. The predicted molar refractivity (Wildman–Crippen MR) is 75.3 cm³/mol. The van der Waals surface area contributed by atoms with Gasteiger partial charge in [0.25, 0.3) is 0 Å². The van der Waals surface area contributed by atoms with Crippen LogP contribution in [0.25, 0.3) is 0 Å². The third-order valence-electron chi connectivity index (χ3n) is 2.46. The first-order chi connectivity index (χ1) is 9.16. The molecular formula is C14H11ClFNOS. The largest absolute Gasteiger partial charge is 0.294 e. The summed E-state index contributed by atoms with van der Waals surface area (Å²) in [7, 11) is 0. The summed E-state index contributed by atoms with van der Waals surface area (Å²) >= 11 is 7.40. The predicted octanol–water partition coefficient (Wildman–Crippen LogP) is 4.24. The van der Waals surface area contributed by atoms with E-state index in [0.717, 1.165) is 5.03 Å². The summed E-state index contributed by atoms with van der Waals surface area (Å²) in [4.78, 5) is 16.0. The van der Waals surface area contributed by atoms with E-state index in [-0.39, 0.29) is 11.6 Å². The van der Waals surface area contributed by atoms with Crippen LogP contribution in [0.5, 0.6) is 0 Å². The number of hydrogen-bond donors (Lipinski definition) is 0. The minimum absolute atomic E-state index is 0.0143. The van der Waals surface area contributed by atoms with Crippen molar-refractivity contribution >= 4 is 29.1 Å². The standard InChI is InChI=1S/C14H11ClFNOS/c15-12-2-1-8-17-14(12)19-9-7-13(18)10-3-5-11(16)6-4-10/h1-6,8H,7,9H2. The number of rotatable bonds is 5. The number of thioether (sulfide) groups is 1. The Morgan fingerprint density at radius 1 is 1.26 bits per heavy atom. The fourth-order valence-corrected chi connectivity index (χ4v) is 2.61. The smallest absolute Gasteiger partial charge is 0.163 e. The third-order valence-corrected chi connectivity index (χ3v) is 3.88. The molecule has 98 valence electrons. The second-order valence-corrected chi connectivity index (χ2v) is 5.31. The molecule has 0 bridgehead atoms. The summed E-state index contributed by atoms with van der Waals surface area (Å²) < 4.78 is 12.7. The molecule has 2 rings (SSSR count). The lowest BCUT2D eigenvalue weighted by Gasteiger charge is -2.03. The van der Waals surface area contributed by atoms with Gasteiger partial charge in [-0.15, -0.1) is 11.8 Å². The van der Waals surface area contributed by atoms with Gasteiger partial charge >= 0.3 is 0 Å². The second-order valence-electron chi connectivity index (χ2n) is 3.82. The van der Waals surface area contributed by atoms with Gasteiger partial charge in [-0.3, -0.25) is 4.79 Å². The van der Waals surface area contributed by atoms with Crippen molar-refractivity contribution in [1.29, 1.82) is 0 Å². The monoisotopic (exact) mass is 295 g/mol. The number of nitrogens with zero attached hydrogens (tertiary/aromatic N) is 1. The van der Waals surface area contributed by atoms with Crippen LogP contribution in [0.1, 0.15) is 16.8 Å². The van der Waals surface area contributed by atoms with E-state index in [1.807, 2.05) is 0 Å². The van der Waals surface area contributed by atoms with Crippen LogP contribution in [0.3, 0.4) is 0 Å². The van der Waals surface area contributed by atoms with Crippen LogP contribution < -0.4 is 0 Å². The molecule has 0 radical (unpaired) electrons. The molecule has 2 aromatic rings. The average Bonchev–Trinajstić information content (AvgIpc) is 2.41. The molecule has 0 aliphatic rings. The maximum atomic E-state index is 12.7. The van der Waals surface area contributed by atoms with E-state index in [1.165, 1.54) is 36.0 Å². The van der Waals surface area contributed by atoms with E-state index in [1.54, 1.807) is 18.3 Å². The van der Waals surface area contributed by atoms with E-state index in [9.17, 15) is 9.18 Å². The van der Waals surface area contributed by atoms with Crippen molar-refractivity contribution in [3.8, 4) is 0 Å². The van der Waals surface area contributed by atoms with Crippen LogP contribution in [0.4, 0.5) is 4.39 Å². The Bertz CT molecular complexity index is 574. The Morgan fingerprint density at radius 2 is 2.00 bits per heavy atom. The van der Waals surface area contributed by atoms with Crippen molar-refractivity contribution in [1.82, 2.24) is 4.98 Å². The van der Waals surface area contributed by atoms with E-state index < -0.39 is 0 Å². The Morgan fingerprint density at radius 3 is 2.68 bits per heavy atom. The zero-order valence-electron chi connectivity index (χ0n) is 9.98. The maximum Gasteiger partial charge on any atom is 0.163 e. The molecular weight excluding hydrogens is 285 g/mol. The molecule has 0 aliphatic heterocycles. The van der Waals surface area contributed by atoms with Gasteiger partial charge < -0.3 is 0 Å². The molecule has 5 heteroatoms.